The number of anilines is 1. The average Bonchev–Trinajstić information content (AvgIpc) is 2.74. The van der Waals surface area contributed by atoms with Gasteiger partial charge in [-0.1, -0.05) is 24.3 Å². The number of carbonyl (C=O) groups is 2. The van der Waals surface area contributed by atoms with Crippen molar-refractivity contribution < 1.29 is 18.0 Å². The molecule has 1 aliphatic rings. The van der Waals surface area contributed by atoms with Crippen molar-refractivity contribution in [1.82, 2.24) is 4.31 Å². The second kappa shape index (κ2) is 6.00. The zero-order chi connectivity index (χ0) is 18.4. The molecule has 0 aromatic heterocycles. The molecule has 0 aliphatic carbocycles. The Bertz CT molecular complexity index is 996. The van der Waals surface area contributed by atoms with Crippen LogP contribution in [0.25, 0.3) is 0 Å². The predicted molar refractivity (Wildman–Crippen MR) is 93.9 cm³/mol. The fourth-order valence-corrected chi connectivity index (χ4v) is 4.61. The lowest BCUT2D eigenvalue weighted by Crippen LogP contribution is -2.37. The van der Waals surface area contributed by atoms with Crippen LogP contribution in [0.5, 0.6) is 0 Å². The molecule has 3 rings (SSSR count). The highest BCUT2D eigenvalue weighted by Gasteiger charge is 2.43. The van der Waals surface area contributed by atoms with Crippen LogP contribution in [0.3, 0.4) is 0 Å². The third-order valence-electron chi connectivity index (χ3n) is 4.38. The van der Waals surface area contributed by atoms with E-state index in [0.717, 1.165) is 11.1 Å². The van der Waals surface area contributed by atoms with Crippen LogP contribution in [0.1, 0.15) is 27.0 Å². The average molecular weight is 358 g/mol. The summed E-state index contributed by atoms with van der Waals surface area (Å²) < 4.78 is 25.9. The highest BCUT2D eigenvalue weighted by atomic mass is 32.2. The van der Waals surface area contributed by atoms with Crippen molar-refractivity contribution in [2.24, 2.45) is 0 Å². The van der Waals surface area contributed by atoms with E-state index in [1.165, 1.54) is 6.07 Å². The summed E-state index contributed by atoms with van der Waals surface area (Å²) in [5, 5.41) is 2.68. The maximum atomic E-state index is 12.6. The van der Waals surface area contributed by atoms with Gasteiger partial charge in [-0.25, -0.2) is 12.7 Å². The third kappa shape index (κ3) is 2.80. The smallest absolute Gasteiger partial charge is 0.269 e. The van der Waals surface area contributed by atoms with Gasteiger partial charge in [0.25, 0.3) is 15.9 Å². The van der Waals surface area contributed by atoms with Gasteiger partial charge in [0.1, 0.15) is 11.4 Å². The summed E-state index contributed by atoms with van der Waals surface area (Å²) in [5.74, 6) is -1.23. The molecule has 2 aromatic carbocycles. The summed E-state index contributed by atoms with van der Waals surface area (Å²) in [6.45, 7) is 4.85. The van der Waals surface area contributed by atoms with Gasteiger partial charge in [-0.3, -0.25) is 9.59 Å². The van der Waals surface area contributed by atoms with Crippen LogP contribution in [0.4, 0.5) is 5.69 Å². The largest absolute Gasteiger partial charge is 0.324 e. The van der Waals surface area contributed by atoms with Gasteiger partial charge >= 0.3 is 0 Å². The number of aryl methyl sites for hydroxylation is 2. The Balaban J connectivity index is 1.87. The zero-order valence-electron chi connectivity index (χ0n) is 14.2. The molecule has 6 nitrogen and oxygen atoms in total. The lowest BCUT2D eigenvalue weighted by molar-refractivity contribution is -0.116. The molecule has 2 amide bonds. The Labute approximate surface area is 146 Å². The van der Waals surface area contributed by atoms with E-state index in [1.54, 1.807) is 31.2 Å². The molecule has 0 bridgehead atoms. The fraction of sp³-hybridized carbons (Fsp3) is 0.222. The first-order chi connectivity index (χ1) is 11.7. The number of nitrogens with zero attached hydrogens (tertiary/aromatic N) is 1. The Morgan fingerprint density at radius 1 is 1.04 bits per heavy atom. The minimum atomic E-state index is -4.01. The molecule has 1 N–H and O–H groups in total. The Kier molecular flexibility index (Phi) is 4.12. The van der Waals surface area contributed by atoms with Gasteiger partial charge in [-0.15, -0.1) is 0 Å². The monoisotopic (exact) mass is 358 g/mol. The normalized spacial score (nSPS) is 15.2. The molecule has 1 heterocycles. The first-order valence-corrected chi connectivity index (χ1v) is 9.20. The van der Waals surface area contributed by atoms with Crippen molar-refractivity contribution in [3.05, 3.63) is 58.7 Å². The molecule has 0 saturated carbocycles. The van der Waals surface area contributed by atoms with Crippen LogP contribution in [0.15, 0.2) is 41.3 Å². The molecule has 0 saturated heterocycles. The molecule has 130 valence electrons. The van der Waals surface area contributed by atoms with E-state index >= 15 is 0 Å². The van der Waals surface area contributed by atoms with Gasteiger partial charge < -0.3 is 5.32 Å². The second-order valence-corrected chi connectivity index (χ2v) is 7.86. The number of sulfonamides is 1. The van der Waals surface area contributed by atoms with Gasteiger partial charge in [0.05, 0.1) is 5.56 Å². The van der Waals surface area contributed by atoms with E-state index in [4.69, 9.17) is 0 Å². The van der Waals surface area contributed by atoms with E-state index in [-0.39, 0.29) is 10.5 Å². The summed E-state index contributed by atoms with van der Waals surface area (Å²) in [4.78, 5) is 24.8. The lowest BCUT2D eigenvalue weighted by Gasteiger charge is -2.16. The Morgan fingerprint density at radius 2 is 1.68 bits per heavy atom. The minimum Gasteiger partial charge on any atom is -0.324 e. The number of hydrogen-bond donors (Lipinski definition) is 1. The van der Waals surface area contributed by atoms with Crippen LogP contribution >= 0.6 is 0 Å². The van der Waals surface area contributed by atoms with Crippen LogP contribution in [0, 0.1) is 20.8 Å². The maximum absolute atomic E-state index is 12.6. The van der Waals surface area contributed by atoms with E-state index in [2.05, 4.69) is 5.32 Å². The van der Waals surface area contributed by atoms with Crippen LogP contribution in [-0.2, 0) is 14.8 Å². The van der Waals surface area contributed by atoms with Crippen molar-refractivity contribution in [3.8, 4) is 0 Å². The van der Waals surface area contributed by atoms with Crippen molar-refractivity contribution >= 4 is 27.5 Å². The van der Waals surface area contributed by atoms with E-state index in [9.17, 15) is 18.0 Å². The first-order valence-electron chi connectivity index (χ1n) is 7.76. The molecule has 1 aliphatic heterocycles. The fourth-order valence-electron chi connectivity index (χ4n) is 2.88. The molecule has 0 radical (unpaired) electrons. The summed E-state index contributed by atoms with van der Waals surface area (Å²) in [6, 6.07) is 10.2. The van der Waals surface area contributed by atoms with Crippen molar-refractivity contribution in [2.45, 2.75) is 25.7 Å². The van der Waals surface area contributed by atoms with Crippen LogP contribution in [0.2, 0.25) is 0 Å². The highest BCUT2D eigenvalue weighted by molar-refractivity contribution is 7.90. The maximum Gasteiger partial charge on any atom is 0.269 e. The molecule has 0 spiro atoms. The number of fused-ring (bicyclic) bond motifs is 1. The Morgan fingerprint density at radius 3 is 2.36 bits per heavy atom. The predicted octanol–water partition coefficient (Wildman–Crippen LogP) is 2.40. The number of amides is 2. The molecular weight excluding hydrogens is 340 g/mol. The molecule has 0 unspecified atom stereocenters. The van der Waals surface area contributed by atoms with Gasteiger partial charge in [0.15, 0.2) is 0 Å². The van der Waals surface area contributed by atoms with Crippen LogP contribution < -0.4 is 5.32 Å². The first kappa shape index (κ1) is 17.2. The number of benzene rings is 2. The van der Waals surface area contributed by atoms with E-state index < -0.39 is 28.4 Å². The van der Waals surface area contributed by atoms with Gasteiger partial charge in [0.2, 0.25) is 5.91 Å². The number of hydrogen-bond acceptors (Lipinski definition) is 4. The molecule has 0 fully saturated rings. The quantitative estimate of drug-likeness (QED) is 0.913. The summed E-state index contributed by atoms with van der Waals surface area (Å²) in [7, 11) is -4.01. The summed E-state index contributed by atoms with van der Waals surface area (Å²) in [6.07, 6.45) is 0. The molecule has 0 atom stereocenters. The molecule has 25 heavy (non-hydrogen) atoms. The minimum absolute atomic E-state index is 0.0143. The standard InChI is InChI=1S/C18H18N2O4S/c1-11-6-5-9-15(13(11)3)19-16(21)10-20-18(22)14-8-4-7-12(2)17(14)25(20,23)24/h4-9H,10H2,1-3H3,(H,19,21). The van der Waals surface area contributed by atoms with Crippen molar-refractivity contribution in [2.75, 3.05) is 11.9 Å². The van der Waals surface area contributed by atoms with Crippen LogP contribution in [-0.4, -0.2) is 31.1 Å². The number of rotatable bonds is 3. The molecular formula is C18H18N2O4S. The number of carbonyl (C=O) groups excluding carboxylic acids is 2. The topological polar surface area (TPSA) is 83.6 Å². The lowest BCUT2D eigenvalue weighted by atomic mass is 10.1. The molecule has 2 aromatic rings. The van der Waals surface area contributed by atoms with Gasteiger partial charge in [-0.05, 0) is 49.6 Å². The Hall–Kier alpha value is -2.67. The van der Waals surface area contributed by atoms with E-state index in [1.807, 2.05) is 19.9 Å². The van der Waals surface area contributed by atoms with Crippen molar-refractivity contribution in [3.63, 3.8) is 0 Å². The summed E-state index contributed by atoms with van der Waals surface area (Å²) in [5.41, 5.74) is 3.10. The zero-order valence-corrected chi connectivity index (χ0v) is 15.0. The van der Waals surface area contributed by atoms with Gasteiger partial charge in [0, 0.05) is 5.69 Å². The number of nitrogens with one attached hydrogen (secondary N) is 1. The molecule has 7 heteroatoms. The van der Waals surface area contributed by atoms with E-state index in [0.29, 0.717) is 15.6 Å². The summed E-state index contributed by atoms with van der Waals surface area (Å²) >= 11 is 0. The third-order valence-corrected chi connectivity index (χ3v) is 6.32. The van der Waals surface area contributed by atoms with Crippen molar-refractivity contribution in [1.29, 1.82) is 0 Å². The van der Waals surface area contributed by atoms with Gasteiger partial charge in [-0.2, -0.15) is 0 Å². The highest BCUT2D eigenvalue weighted by Crippen LogP contribution is 2.32. The second-order valence-electron chi connectivity index (χ2n) is 6.06. The SMILES string of the molecule is Cc1cccc(NC(=O)CN2C(=O)c3cccc(C)c3S2(=O)=O)c1C.